The maximum absolute atomic E-state index is 12.9. The summed E-state index contributed by atoms with van der Waals surface area (Å²) >= 11 is 0. The van der Waals surface area contributed by atoms with Crippen molar-refractivity contribution in [2.75, 3.05) is 13.2 Å². The lowest BCUT2D eigenvalue weighted by molar-refractivity contribution is -0.147. The Balaban J connectivity index is 1.32. The fourth-order valence-electron chi connectivity index (χ4n) is 5.38. The lowest BCUT2D eigenvalue weighted by Crippen LogP contribution is -2.55. The Kier molecular flexibility index (Phi) is 4.34. The zero-order valence-corrected chi connectivity index (χ0v) is 16.3. The molecule has 5 rings (SSSR count). The van der Waals surface area contributed by atoms with Gasteiger partial charge in [-0.15, -0.1) is 0 Å². The van der Waals surface area contributed by atoms with Crippen LogP contribution in [0.2, 0.25) is 0 Å². The lowest BCUT2D eigenvalue weighted by atomic mass is 9.61. The molecule has 1 aliphatic heterocycles. The van der Waals surface area contributed by atoms with Gasteiger partial charge in [0, 0.05) is 12.5 Å². The Hall–Kier alpha value is -2.82. The van der Waals surface area contributed by atoms with Crippen molar-refractivity contribution in [2.24, 2.45) is 5.41 Å². The zero-order valence-electron chi connectivity index (χ0n) is 16.3. The second-order valence-corrected chi connectivity index (χ2v) is 8.66. The Morgan fingerprint density at radius 3 is 2.17 bits per heavy atom. The molecule has 1 saturated heterocycles. The van der Waals surface area contributed by atoms with Crippen LogP contribution in [0.5, 0.6) is 0 Å². The summed E-state index contributed by atoms with van der Waals surface area (Å²) in [5.41, 5.74) is 4.80. The van der Waals surface area contributed by atoms with Gasteiger partial charge < -0.3 is 9.84 Å². The Bertz CT molecular complexity index is 919. The van der Waals surface area contributed by atoms with Crippen molar-refractivity contribution in [2.45, 2.75) is 44.1 Å². The van der Waals surface area contributed by atoms with Crippen LogP contribution in [0.1, 0.15) is 49.1 Å². The summed E-state index contributed by atoms with van der Waals surface area (Å²) in [4.78, 5) is 26.1. The monoisotopic (exact) mass is 391 g/mol. The van der Waals surface area contributed by atoms with E-state index in [4.69, 9.17) is 4.74 Å². The maximum atomic E-state index is 12.9. The lowest BCUT2D eigenvalue weighted by Gasteiger charge is -2.50. The van der Waals surface area contributed by atoms with Crippen LogP contribution >= 0.6 is 0 Å². The molecule has 0 radical (unpaired) electrons. The number of hydrogen-bond donors (Lipinski definition) is 1. The van der Waals surface area contributed by atoms with Crippen LogP contribution in [-0.4, -0.2) is 41.3 Å². The smallest absolute Gasteiger partial charge is 0.410 e. The number of carboxylic acid groups (broad SMARTS) is 1. The van der Waals surface area contributed by atoms with E-state index in [0.29, 0.717) is 13.0 Å². The number of likely N-dealkylation sites (tertiary alicyclic amines) is 1. The average Bonchev–Trinajstić information content (AvgIpc) is 3.04. The number of carboxylic acids is 1. The Labute approximate surface area is 170 Å². The van der Waals surface area contributed by atoms with E-state index in [2.05, 4.69) is 24.3 Å². The van der Waals surface area contributed by atoms with Gasteiger partial charge in [0.25, 0.3) is 0 Å². The van der Waals surface area contributed by atoms with E-state index in [1.54, 1.807) is 0 Å². The number of rotatable bonds is 3. The molecule has 1 heterocycles. The molecule has 150 valence electrons. The van der Waals surface area contributed by atoms with Gasteiger partial charge in [-0.2, -0.15) is 0 Å². The van der Waals surface area contributed by atoms with Gasteiger partial charge in [-0.25, -0.2) is 9.59 Å². The van der Waals surface area contributed by atoms with Crippen molar-refractivity contribution in [3.8, 4) is 11.1 Å². The molecule has 1 N–H and O–H groups in total. The summed E-state index contributed by atoms with van der Waals surface area (Å²) in [5, 5.41) is 9.70. The summed E-state index contributed by atoms with van der Waals surface area (Å²) in [6.07, 6.45) is 4.24. The predicted molar refractivity (Wildman–Crippen MR) is 109 cm³/mol. The minimum atomic E-state index is -0.926. The van der Waals surface area contributed by atoms with E-state index >= 15 is 0 Å². The molecule has 5 nitrogen and oxygen atoms in total. The molecule has 2 aliphatic carbocycles. The van der Waals surface area contributed by atoms with Crippen molar-refractivity contribution in [1.29, 1.82) is 0 Å². The Morgan fingerprint density at radius 2 is 1.62 bits per heavy atom. The number of benzene rings is 2. The van der Waals surface area contributed by atoms with Crippen molar-refractivity contribution < 1.29 is 19.4 Å². The van der Waals surface area contributed by atoms with Crippen LogP contribution in [0, 0.1) is 5.41 Å². The predicted octanol–water partition coefficient (Wildman–Crippen LogP) is 4.65. The molecule has 2 aromatic rings. The van der Waals surface area contributed by atoms with Crippen LogP contribution < -0.4 is 0 Å². The normalized spacial score (nSPS) is 21.9. The number of amides is 1. The number of fused-ring (bicyclic) bond motifs is 3. The zero-order chi connectivity index (χ0) is 20.0. The summed E-state index contributed by atoms with van der Waals surface area (Å²) in [6.45, 7) is 0.689. The molecule has 0 bridgehead atoms. The fourth-order valence-corrected chi connectivity index (χ4v) is 5.38. The van der Waals surface area contributed by atoms with E-state index in [9.17, 15) is 14.7 Å². The molecule has 5 heteroatoms. The molecule has 1 spiro atoms. The summed E-state index contributed by atoms with van der Waals surface area (Å²) in [5.74, 6) is -0.943. The molecule has 1 saturated carbocycles. The SMILES string of the molecule is O=C(O)C1CC2(CCC2)CCN1C(=O)OCC1c2ccccc2-c2ccccc21. The third-order valence-corrected chi connectivity index (χ3v) is 7.16. The third-order valence-electron chi connectivity index (χ3n) is 7.16. The van der Waals surface area contributed by atoms with E-state index < -0.39 is 18.1 Å². The standard InChI is InChI=1S/C24H25NO4/c26-22(27)21-14-24(10-5-11-24)12-13-25(21)23(28)29-15-20-18-8-3-1-6-16(18)17-7-2-4-9-19(17)20/h1-4,6-9,20-21H,5,10-15H2,(H,26,27). The molecule has 0 aromatic heterocycles. The number of ether oxygens (including phenoxy) is 1. The molecule has 2 fully saturated rings. The van der Waals surface area contributed by atoms with Crippen molar-refractivity contribution >= 4 is 12.1 Å². The second-order valence-electron chi connectivity index (χ2n) is 8.66. The summed E-state index contributed by atoms with van der Waals surface area (Å²) in [7, 11) is 0. The van der Waals surface area contributed by atoms with E-state index in [1.807, 2.05) is 24.3 Å². The van der Waals surface area contributed by atoms with Gasteiger partial charge in [-0.05, 0) is 53.4 Å². The summed E-state index contributed by atoms with van der Waals surface area (Å²) < 4.78 is 5.70. The molecule has 29 heavy (non-hydrogen) atoms. The van der Waals surface area contributed by atoms with Crippen LogP contribution in [0.3, 0.4) is 0 Å². The first kappa shape index (κ1) is 18.2. The van der Waals surface area contributed by atoms with Gasteiger partial charge in [0.15, 0.2) is 0 Å². The third kappa shape index (κ3) is 3.00. The van der Waals surface area contributed by atoms with Crippen LogP contribution in [0.25, 0.3) is 11.1 Å². The molecular weight excluding hydrogens is 366 g/mol. The van der Waals surface area contributed by atoms with Gasteiger partial charge in [0.05, 0.1) is 0 Å². The first-order chi connectivity index (χ1) is 14.1. The van der Waals surface area contributed by atoms with Gasteiger partial charge in [-0.1, -0.05) is 55.0 Å². The van der Waals surface area contributed by atoms with Gasteiger partial charge in [0.1, 0.15) is 12.6 Å². The highest BCUT2D eigenvalue weighted by Gasteiger charge is 2.48. The van der Waals surface area contributed by atoms with E-state index in [0.717, 1.165) is 36.8 Å². The van der Waals surface area contributed by atoms with Gasteiger partial charge in [0.2, 0.25) is 0 Å². The number of carbonyl (C=O) groups is 2. The molecule has 1 atom stereocenters. The van der Waals surface area contributed by atoms with Gasteiger partial charge >= 0.3 is 12.1 Å². The average molecular weight is 391 g/mol. The van der Waals surface area contributed by atoms with E-state index in [-0.39, 0.29) is 17.9 Å². The van der Waals surface area contributed by atoms with E-state index in [1.165, 1.54) is 16.0 Å². The number of carbonyl (C=O) groups excluding carboxylic acids is 1. The Morgan fingerprint density at radius 1 is 1.00 bits per heavy atom. The molecular formula is C24H25NO4. The first-order valence-electron chi connectivity index (χ1n) is 10.4. The molecule has 1 amide bonds. The number of hydrogen-bond acceptors (Lipinski definition) is 3. The quantitative estimate of drug-likeness (QED) is 0.827. The second kappa shape index (κ2) is 6.90. The van der Waals surface area contributed by atoms with Crippen molar-refractivity contribution in [3.05, 3.63) is 59.7 Å². The number of aliphatic carboxylic acids is 1. The highest BCUT2D eigenvalue weighted by molar-refractivity contribution is 5.81. The van der Waals surface area contributed by atoms with Crippen molar-refractivity contribution in [1.82, 2.24) is 4.90 Å². The largest absolute Gasteiger partial charge is 0.480 e. The number of piperidine rings is 1. The van der Waals surface area contributed by atoms with Crippen LogP contribution in [-0.2, 0) is 9.53 Å². The highest BCUT2D eigenvalue weighted by Crippen LogP contribution is 2.51. The highest BCUT2D eigenvalue weighted by atomic mass is 16.6. The molecule has 2 aromatic carbocycles. The topological polar surface area (TPSA) is 66.8 Å². The molecule has 3 aliphatic rings. The first-order valence-corrected chi connectivity index (χ1v) is 10.4. The van der Waals surface area contributed by atoms with Crippen molar-refractivity contribution in [3.63, 3.8) is 0 Å². The van der Waals surface area contributed by atoms with Crippen LogP contribution in [0.4, 0.5) is 4.79 Å². The fraction of sp³-hybridized carbons (Fsp3) is 0.417. The minimum absolute atomic E-state index is 0.0163. The molecule has 1 unspecified atom stereocenters. The van der Waals surface area contributed by atoms with Gasteiger partial charge in [-0.3, -0.25) is 4.90 Å². The summed E-state index contributed by atoms with van der Waals surface area (Å²) in [6, 6.07) is 15.6. The minimum Gasteiger partial charge on any atom is -0.480 e. The van der Waals surface area contributed by atoms with Crippen LogP contribution in [0.15, 0.2) is 48.5 Å². The number of nitrogens with zero attached hydrogens (tertiary/aromatic N) is 1. The maximum Gasteiger partial charge on any atom is 0.410 e.